The van der Waals surface area contributed by atoms with Crippen LogP contribution >= 0.6 is 0 Å². The first-order valence-corrected chi connectivity index (χ1v) is 11.4. The summed E-state index contributed by atoms with van der Waals surface area (Å²) in [5, 5.41) is 0. The van der Waals surface area contributed by atoms with E-state index in [1.807, 2.05) is 13.8 Å². The molecule has 0 bridgehead atoms. The van der Waals surface area contributed by atoms with Crippen LogP contribution in [0.3, 0.4) is 0 Å². The fourth-order valence-corrected chi connectivity index (χ4v) is 4.43. The van der Waals surface area contributed by atoms with Gasteiger partial charge in [-0.05, 0) is 33.1 Å². The molecule has 0 N–H and O–H groups in total. The van der Waals surface area contributed by atoms with Crippen LogP contribution in [0.1, 0.15) is 46.5 Å². The predicted octanol–water partition coefficient (Wildman–Crippen LogP) is 3.52. The van der Waals surface area contributed by atoms with Crippen LogP contribution in [0.15, 0.2) is 0 Å². The van der Waals surface area contributed by atoms with Gasteiger partial charge in [0.25, 0.3) is 0 Å². The standard InChI is InChI=1S/C18H40O6Si/c1-7-18(15-22-8-2,16-23-9-3)17-24-13-11-10-12-14-25(19-4,20-5)21-6/h7-17H2,1-6H3. The Labute approximate surface area is 155 Å². The van der Waals surface area contributed by atoms with Gasteiger partial charge in [0.2, 0.25) is 0 Å². The third-order valence-electron chi connectivity index (χ3n) is 4.59. The van der Waals surface area contributed by atoms with Crippen molar-refractivity contribution in [1.82, 2.24) is 0 Å². The molecule has 0 heterocycles. The zero-order valence-corrected chi connectivity index (χ0v) is 18.2. The summed E-state index contributed by atoms with van der Waals surface area (Å²) >= 11 is 0. The minimum atomic E-state index is -2.43. The van der Waals surface area contributed by atoms with Crippen molar-refractivity contribution in [2.24, 2.45) is 5.41 Å². The van der Waals surface area contributed by atoms with E-state index in [-0.39, 0.29) is 5.41 Å². The second kappa shape index (κ2) is 15.1. The van der Waals surface area contributed by atoms with Gasteiger partial charge in [-0.25, -0.2) is 0 Å². The van der Waals surface area contributed by atoms with Crippen LogP contribution in [-0.4, -0.2) is 69.8 Å². The Morgan fingerprint density at radius 1 is 0.680 bits per heavy atom. The van der Waals surface area contributed by atoms with Crippen LogP contribution in [-0.2, 0) is 27.5 Å². The van der Waals surface area contributed by atoms with E-state index in [2.05, 4.69) is 6.92 Å². The van der Waals surface area contributed by atoms with E-state index in [0.29, 0.717) is 19.8 Å². The Balaban J connectivity index is 4.08. The van der Waals surface area contributed by atoms with Gasteiger partial charge in [-0.3, -0.25) is 0 Å². The van der Waals surface area contributed by atoms with E-state index in [0.717, 1.165) is 51.5 Å². The fraction of sp³-hybridized carbons (Fsp3) is 1.00. The van der Waals surface area contributed by atoms with Gasteiger partial charge in [0, 0.05) is 52.6 Å². The van der Waals surface area contributed by atoms with Crippen LogP contribution in [0.4, 0.5) is 0 Å². The number of hydrogen-bond acceptors (Lipinski definition) is 6. The number of rotatable bonds is 18. The largest absolute Gasteiger partial charge is 0.500 e. The van der Waals surface area contributed by atoms with Crippen molar-refractivity contribution in [1.29, 1.82) is 0 Å². The van der Waals surface area contributed by atoms with Crippen molar-refractivity contribution in [3.05, 3.63) is 0 Å². The van der Waals surface area contributed by atoms with Crippen molar-refractivity contribution in [3.63, 3.8) is 0 Å². The quantitative estimate of drug-likeness (QED) is 0.268. The fourth-order valence-electron chi connectivity index (χ4n) is 2.64. The van der Waals surface area contributed by atoms with Gasteiger partial charge < -0.3 is 27.5 Å². The molecule has 0 rings (SSSR count). The van der Waals surface area contributed by atoms with Crippen molar-refractivity contribution >= 4 is 8.80 Å². The molecule has 0 amide bonds. The normalized spacial score (nSPS) is 12.7. The molecular formula is C18H40O6Si. The summed E-state index contributed by atoms with van der Waals surface area (Å²) in [5.41, 5.74) is -0.0454. The zero-order chi connectivity index (χ0) is 19.0. The SMILES string of the molecule is CCOCC(CC)(COCC)COCCCCC[Si](OC)(OC)OC. The maximum absolute atomic E-state index is 5.95. The average Bonchev–Trinajstić information content (AvgIpc) is 2.66. The first-order valence-electron chi connectivity index (χ1n) is 9.46. The van der Waals surface area contributed by atoms with E-state index in [9.17, 15) is 0 Å². The second-order valence-electron chi connectivity index (χ2n) is 6.29. The number of unbranched alkanes of at least 4 members (excludes halogenated alkanes) is 2. The molecule has 0 aromatic carbocycles. The summed E-state index contributed by atoms with van der Waals surface area (Å²) in [6.07, 6.45) is 4.09. The van der Waals surface area contributed by atoms with Gasteiger partial charge in [-0.1, -0.05) is 13.3 Å². The van der Waals surface area contributed by atoms with E-state index in [1.54, 1.807) is 21.3 Å². The van der Waals surface area contributed by atoms with Crippen molar-refractivity contribution in [3.8, 4) is 0 Å². The summed E-state index contributed by atoms with van der Waals surface area (Å²) < 4.78 is 33.6. The van der Waals surface area contributed by atoms with Crippen molar-refractivity contribution in [2.45, 2.75) is 52.5 Å². The third kappa shape index (κ3) is 10.0. The first-order chi connectivity index (χ1) is 12.1. The molecule has 0 aliphatic heterocycles. The molecule has 0 aromatic rings. The van der Waals surface area contributed by atoms with E-state index in [1.165, 1.54) is 0 Å². The van der Waals surface area contributed by atoms with E-state index < -0.39 is 8.80 Å². The van der Waals surface area contributed by atoms with Gasteiger partial charge in [0.05, 0.1) is 19.8 Å². The van der Waals surface area contributed by atoms with Crippen molar-refractivity contribution in [2.75, 3.05) is 61.0 Å². The molecular weight excluding hydrogens is 340 g/mol. The molecule has 0 aliphatic rings. The van der Waals surface area contributed by atoms with Crippen LogP contribution < -0.4 is 0 Å². The number of hydrogen-bond donors (Lipinski definition) is 0. The molecule has 0 spiro atoms. The lowest BCUT2D eigenvalue weighted by atomic mass is 9.88. The molecule has 0 radical (unpaired) electrons. The Kier molecular flexibility index (Phi) is 15.1. The molecule has 0 fully saturated rings. The average molecular weight is 381 g/mol. The lowest BCUT2D eigenvalue weighted by molar-refractivity contribution is -0.0682. The zero-order valence-electron chi connectivity index (χ0n) is 17.2. The minimum absolute atomic E-state index is 0.0454. The summed E-state index contributed by atoms with van der Waals surface area (Å²) in [7, 11) is 2.54. The summed E-state index contributed by atoms with van der Waals surface area (Å²) in [4.78, 5) is 0. The molecule has 25 heavy (non-hydrogen) atoms. The molecule has 0 saturated carbocycles. The number of ether oxygens (including phenoxy) is 3. The lowest BCUT2D eigenvalue weighted by Crippen LogP contribution is -2.42. The summed E-state index contributed by atoms with van der Waals surface area (Å²) in [6.45, 7) is 10.4. The highest BCUT2D eigenvalue weighted by Gasteiger charge is 2.36. The second-order valence-corrected chi connectivity index (χ2v) is 9.38. The molecule has 0 unspecified atom stereocenters. The molecule has 152 valence electrons. The maximum Gasteiger partial charge on any atom is 0.500 e. The monoisotopic (exact) mass is 380 g/mol. The van der Waals surface area contributed by atoms with Crippen LogP contribution in [0.2, 0.25) is 6.04 Å². The maximum atomic E-state index is 5.95. The van der Waals surface area contributed by atoms with Gasteiger partial charge in [0.1, 0.15) is 0 Å². The topological polar surface area (TPSA) is 55.4 Å². The summed E-state index contributed by atoms with van der Waals surface area (Å²) in [5.74, 6) is 0. The molecule has 0 aromatic heterocycles. The lowest BCUT2D eigenvalue weighted by Gasteiger charge is -2.32. The Morgan fingerprint density at radius 2 is 1.20 bits per heavy atom. The highest BCUT2D eigenvalue weighted by molar-refractivity contribution is 6.60. The first kappa shape index (κ1) is 25.0. The highest BCUT2D eigenvalue weighted by Crippen LogP contribution is 2.24. The van der Waals surface area contributed by atoms with Gasteiger partial charge in [0.15, 0.2) is 0 Å². The van der Waals surface area contributed by atoms with E-state index in [4.69, 9.17) is 27.5 Å². The predicted molar refractivity (Wildman–Crippen MR) is 102 cm³/mol. The minimum Gasteiger partial charge on any atom is -0.381 e. The molecule has 6 nitrogen and oxygen atoms in total. The molecule has 0 atom stereocenters. The van der Waals surface area contributed by atoms with Crippen LogP contribution in [0, 0.1) is 5.41 Å². The summed E-state index contributed by atoms with van der Waals surface area (Å²) in [6, 6.07) is 0.837. The third-order valence-corrected chi connectivity index (χ3v) is 7.42. The Bertz CT molecular complexity index is 283. The van der Waals surface area contributed by atoms with Gasteiger partial charge in [-0.15, -0.1) is 0 Å². The Morgan fingerprint density at radius 3 is 1.64 bits per heavy atom. The molecule has 0 saturated heterocycles. The Hall–Kier alpha value is -0.0231. The van der Waals surface area contributed by atoms with Crippen LogP contribution in [0.5, 0.6) is 0 Å². The molecule has 7 heteroatoms. The highest BCUT2D eigenvalue weighted by atomic mass is 28.4. The van der Waals surface area contributed by atoms with Gasteiger partial charge in [-0.2, -0.15) is 0 Å². The smallest absolute Gasteiger partial charge is 0.381 e. The van der Waals surface area contributed by atoms with Crippen LogP contribution in [0.25, 0.3) is 0 Å². The molecule has 0 aliphatic carbocycles. The van der Waals surface area contributed by atoms with E-state index >= 15 is 0 Å². The van der Waals surface area contributed by atoms with Crippen molar-refractivity contribution < 1.29 is 27.5 Å². The van der Waals surface area contributed by atoms with Gasteiger partial charge >= 0.3 is 8.80 Å².